The Labute approximate surface area is 237 Å². The predicted molar refractivity (Wildman–Crippen MR) is 149 cm³/mol. The highest BCUT2D eigenvalue weighted by atomic mass is 16.6. The van der Waals surface area contributed by atoms with Crippen LogP contribution in [0.4, 0.5) is 0 Å². The van der Waals surface area contributed by atoms with Crippen LogP contribution >= 0.6 is 0 Å². The van der Waals surface area contributed by atoms with Crippen molar-refractivity contribution in [2.24, 2.45) is 39.4 Å². The van der Waals surface area contributed by atoms with Crippen molar-refractivity contribution < 1.29 is 39.5 Å². The van der Waals surface area contributed by atoms with Gasteiger partial charge in [-0.1, -0.05) is 39.3 Å². The Balaban J connectivity index is 1.76. The highest BCUT2D eigenvalue weighted by molar-refractivity contribution is 5.97. The number of hydrogen-bond donors (Lipinski definition) is 4. The summed E-state index contributed by atoms with van der Waals surface area (Å²) in [5, 5.41) is 45.1. The molecule has 0 aromatic rings. The molecule has 0 radical (unpaired) electrons. The predicted octanol–water partition coefficient (Wildman–Crippen LogP) is 3.29. The number of carbonyl (C=O) groups excluding carboxylic acids is 3. The van der Waals surface area contributed by atoms with Crippen LogP contribution < -0.4 is 0 Å². The van der Waals surface area contributed by atoms with E-state index in [1.165, 1.54) is 26.0 Å². The minimum Gasteiger partial charge on any atom is -0.456 e. The summed E-state index contributed by atoms with van der Waals surface area (Å²) in [5.74, 6) is -2.70. The van der Waals surface area contributed by atoms with E-state index in [0.717, 1.165) is 5.57 Å². The van der Waals surface area contributed by atoms with E-state index in [9.17, 15) is 34.8 Å². The van der Waals surface area contributed by atoms with Crippen LogP contribution in [0.25, 0.3) is 0 Å². The molecule has 3 fully saturated rings. The van der Waals surface area contributed by atoms with Gasteiger partial charge in [-0.05, 0) is 81.3 Å². The van der Waals surface area contributed by atoms with Gasteiger partial charge in [-0.15, -0.1) is 0 Å². The molecule has 4 rings (SSSR count). The topological polar surface area (TPSA) is 141 Å². The first-order chi connectivity index (χ1) is 18.2. The van der Waals surface area contributed by atoms with E-state index in [4.69, 9.17) is 4.74 Å². The molecular formula is C32H48O8. The summed E-state index contributed by atoms with van der Waals surface area (Å²) < 4.78 is 5.23. The Hall–Kier alpha value is -1.87. The molecule has 8 nitrogen and oxygen atoms in total. The summed E-state index contributed by atoms with van der Waals surface area (Å²) in [6.45, 7) is 13.5. The molecule has 0 bridgehead atoms. The van der Waals surface area contributed by atoms with Gasteiger partial charge in [-0.3, -0.25) is 14.4 Å². The zero-order valence-electron chi connectivity index (χ0n) is 25.3. The number of ether oxygens (including phenoxy) is 1. The van der Waals surface area contributed by atoms with Gasteiger partial charge in [0.15, 0.2) is 5.78 Å². The van der Waals surface area contributed by atoms with Crippen LogP contribution in [0.1, 0.15) is 87.5 Å². The van der Waals surface area contributed by atoms with Crippen molar-refractivity contribution in [1.29, 1.82) is 0 Å². The quantitative estimate of drug-likeness (QED) is 0.220. The van der Waals surface area contributed by atoms with Gasteiger partial charge in [0.05, 0.1) is 24.2 Å². The molecule has 4 aliphatic carbocycles. The lowest BCUT2D eigenvalue weighted by Crippen LogP contribution is -2.66. The van der Waals surface area contributed by atoms with Crippen LogP contribution in [0, 0.1) is 39.4 Å². The third kappa shape index (κ3) is 4.19. The molecule has 8 heteroatoms. The van der Waals surface area contributed by atoms with Crippen molar-refractivity contribution in [3.63, 3.8) is 0 Å². The summed E-state index contributed by atoms with van der Waals surface area (Å²) in [5.41, 5.74) is -5.21. The number of aliphatic hydroxyl groups excluding tert-OH is 3. The van der Waals surface area contributed by atoms with Gasteiger partial charge in [-0.2, -0.15) is 0 Å². The number of allylic oxidation sites excluding steroid dienone is 1. The van der Waals surface area contributed by atoms with Crippen molar-refractivity contribution in [3.8, 4) is 0 Å². The lowest BCUT2D eigenvalue weighted by atomic mass is 9.38. The van der Waals surface area contributed by atoms with Gasteiger partial charge in [-0.25, -0.2) is 0 Å². The zero-order valence-corrected chi connectivity index (χ0v) is 25.3. The molecule has 4 N–H and O–H groups in total. The highest BCUT2D eigenvalue weighted by Crippen LogP contribution is 2.74. The molecule has 0 spiro atoms. The third-order valence-electron chi connectivity index (χ3n) is 11.7. The van der Waals surface area contributed by atoms with E-state index in [-0.39, 0.29) is 37.1 Å². The number of esters is 1. The average Bonchev–Trinajstić information content (AvgIpc) is 3.03. The molecule has 40 heavy (non-hydrogen) atoms. The molecule has 0 aliphatic heterocycles. The fraction of sp³-hybridized carbons (Fsp3) is 0.781. The SMILES string of the molecule is CC(=O)OC(C)(C)/C=C/C(=O)[C@](C)(O)[C@H]1[C@H](O)C[C@@]2(C)[C@@H]3CC=C4[C@@H](CC[C@H](O)C4(C)C)[C@]3(CO)C(=O)C[C@]12C. The van der Waals surface area contributed by atoms with Crippen LogP contribution in [-0.2, 0) is 19.1 Å². The first-order valence-corrected chi connectivity index (χ1v) is 14.6. The molecule has 4 aliphatic rings. The third-order valence-corrected chi connectivity index (χ3v) is 11.7. The number of Topliss-reactive ketones (excluding diaryl/α,β-unsaturated/α-hetero) is 1. The molecule has 0 amide bonds. The van der Waals surface area contributed by atoms with Gasteiger partial charge in [0, 0.05) is 24.7 Å². The highest BCUT2D eigenvalue weighted by Gasteiger charge is 2.75. The largest absolute Gasteiger partial charge is 0.456 e. The molecule has 0 aromatic carbocycles. The summed E-state index contributed by atoms with van der Waals surface area (Å²) in [4.78, 5) is 39.3. The van der Waals surface area contributed by atoms with Crippen molar-refractivity contribution in [1.82, 2.24) is 0 Å². The van der Waals surface area contributed by atoms with Gasteiger partial charge >= 0.3 is 5.97 Å². The summed E-state index contributed by atoms with van der Waals surface area (Å²) >= 11 is 0. The molecule has 0 heterocycles. The monoisotopic (exact) mass is 560 g/mol. The summed E-state index contributed by atoms with van der Waals surface area (Å²) in [7, 11) is 0. The Kier molecular flexibility index (Phi) is 7.44. The van der Waals surface area contributed by atoms with Crippen molar-refractivity contribution in [2.45, 2.75) is 111 Å². The van der Waals surface area contributed by atoms with Crippen LogP contribution in [0.15, 0.2) is 23.8 Å². The maximum Gasteiger partial charge on any atom is 0.303 e. The van der Waals surface area contributed by atoms with Crippen LogP contribution in [-0.4, -0.2) is 68.0 Å². The molecule has 3 saturated carbocycles. The normalized spacial score (nSPS) is 42.4. The number of hydrogen-bond acceptors (Lipinski definition) is 8. The molecule has 0 saturated heterocycles. The van der Waals surface area contributed by atoms with E-state index in [2.05, 4.69) is 6.08 Å². The second-order valence-electron chi connectivity index (χ2n) is 14.7. The van der Waals surface area contributed by atoms with Crippen molar-refractivity contribution in [2.75, 3.05) is 6.61 Å². The maximum absolute atomic E-state index is 14.4. The fourth-order valence-electron chi connectivity index (χ4n) is 9.56. The number of rotatable bonds is 6. The Bertz CT molecular complexity index is 1150. The first kappa shape index (κ1) is 31.1. The second kappa shape index (κ2) is 9.58. The molecule has 224 valence electrons. The number of fused-ring (bicyclic) bond motifs is 5. The van der Waals surface area contributed by atoms with Crippen molar-refractivity contribution >= 4 is 17.5 Å². The zero-order chi connectivity index (χ0) is 30.3. The van der Waals surface area contributed by atoms with Gasteiger partial charge < -0.3 is 25.2 Å². The van der Waals surface area contributed by atoms with E-state index >= 15 is 0 Å². The standard InChI is InChI=1S/C32H48O8/c1-18(34)40-27(2,3)14-13-24(37)31(8,39)26-21(35)15-29(6)22-11-9-19-20(10-12-23(36)28(19,4)5)32(22,17-33)25(38)16-30(26,29)7/h9,13-14,20-23,26,33,35-36,39H,10-12,15-17H2,1-8H3/b14-13+/t20-,21-,22+,23+,26+,29+,30-,31+,32+/m1/s1. The Morgan fingerprint density at radius 2 is 1.73 bits per heavy atom. The van der Waals surface area contributed by atoms with E-state index in [0.29, 0.717) is 19.3 Å². The van der Waals surface area contributed by atoms with E-state index in [1.54, 1.807) is 13.8 Å². The molecule has 0 unspecified atom stereocenters. The minimum atomic E-state index is -2.00. The van der Waals surface area contributed by atoms with Crippen LogP contribution in [0.2, 0.25) is 0 Å². The Morgan fingerprint density at radius 1 is 1.10 bits per heavy atom. The number of aliphatic hydroxyl groups is 4. The van der Waals surface area contributed by atoms with Gasteiger partial charge in [0.1, 0.15) is 17.0 Å². The number of carbonyl (C=O) groups is 3. The van der Waals surface area contributed by atoms with Crippen LogP contribution in [0.3, 0.4) is 0 Å². The van der Waals surface area contributed by atoms with E-state index < -0.39 is 62.7 Å². The first-order valence-electron chi connectivity index (χ1n) is 14.6. The maximum atomic E-state index is 14.4. The Morgan fingerprint density at radius 3 is 2.30 bits per heavy atom. The van der Waals surface area contributed by atoms with Crippen LogP contribution in [0.5, 0.6) is 0 Å². The molecular weight excluding hydrogens is 512 g/mol. The number of ketones is 2. The lowest BCUT2D eigenvalue weighted by molar-refractivity contribution is -0.191. The summed E-state index contributed by atoms with van der Waals surface area (Å²) in [6.07, 6.45) is 5.10. The average molecular weight is 561 g/mol. The molecule has 9 atom stereocenters. The fourth-order valence-corrected chi connectivity index (χ4v) is 9.56. The second-order valence-corrected chi connectivity index (χ2v) is 14.7. The minimum absolute atomic E-state index is 0.0150. The van der Waals surface area contributed by atoms with E-state index in [1.807, 2.05) is 27.7 Å². The van der Waals surface area contributed by atoms with Gasteiger partial charge in [0.25, 0.3) is 0 Å². The van der Waals surface area contributed by atoms with Gasteiger partial charge in [0.2, 0.25) is 0 Å². The lowest BCUT2D eigenvalue weighted by Gasteiger charge is -2.65. The summed E-state index contributed by atoms with van der Waals surface area (Å²) in [6, 6.07) is 0. The molecule has 0 aromatic heterocycles. The van der Waals surface area contributed by atoms with Crippen molar-refractivity contribution in [3.05, 3.63) is 23.8 Å². The smallest absolute Gasteiger partial charge is 0.303 e.